The minimum atomic E-state index is 0.0126. The molecule has 0 aromatic heterocycles. The first-order valence-corrected chi connectivity index (χ1v) is 7.96. The summed E-state index contributed by atoms with van der Waals surface area (Å²) in [7, 11) is 3.26. The van der Waals surface area contributed by atoms with Gasteiger partial charge < -0.3 is 19.5 Å². The monoisotopic (exact) mass is 322 g/mol. The second-order valence-corrected chi connectivity index (χ2v) is 5.48. The van der Waals surface area contributed by atoms with Gasteiger partial charge in [-0.1, -0.05) is 12.1 Å². The zero-order chi connectivity index (χ0) is 16.5. The van der Waals surface area contributed by atoms with Crippen LogP contribution in [0.4, 0.5) is 0 Å². The van der Waals surface area contributed by atoms with Crippen LogP contribution < -0.4 is 10.1 Å². The van der Waals surface area contributed by atoms with Crippen LogP contribution in [0.3, 0.4) is 0 Å². The van der Waals surface area contributed by atoms with Gasteiger partial charge in [-0.15, -0.1) is 0 Å². The van der Waals surface area contributed by atoms with Crippen LogP contribution >= 0.6 is 0 Å². The SMILES string of the molecule is COCCC(=O)NCC(c1ccc(OC)cc1)N1CCOCC1. The van der Waals surface area contributed by atoms with Gasteiger partial charge in [0.25, 0.3) is 0 Å². The van der Waals surface area contributed by atoms with Crippen molar-refractivity contribution in [1.82, 2.24) is 10.2 Å². The Morgan fingerprint density at radius 2 is 1.96 bits per heavy atom. The number of amides is 1. The molecule has 1 fully saturated rings. The van der Waals surface area contributed by atoms with E-state index in [2.05, 4.69) is 22.3 Å². The lowest BCUT2D eigenvalue weighted by Crippen LogP contribution is -2.43. The van der Waals surface area contributed by atoms with Gasteiger partial charge >= 0.3 is 0 Å². The topological polar surface area (TPSA) is 60.0 Å². The van der Waals surface area contributed by atoms with E-state index in [0.717, 1.165) is 32.1 Å². The third-order valence-corrected chi connectivity index (χ3v) is 4.01. The van der Waals surface area contributed by atoms with Gasteiger partial charge in [0, 0.05) is 33.2 Å². The Hall–Kier alpha value is -1.63. The molecule has 1 saturated heterocycles. The second-order valence-electron chi connectivity index (χ2n) is 5.48. The van der Waals surface area contributed by atoms with Crippen LogP contribution in [0.1, 0.15) is 18.0 Å². The molecule has 0 spiro atoms. The molecule has 6 heteroatoms. The minimum Gasteiger partial charge on any atom is -0.497 e. The molecular formula is C17H26N2O4. The molecule has 0 saturated carbocycles. The van der Waals surface area contributed by atoms with Crippen molar-refractivity contribution in [3.8, 4) is 5.75 Å². The van der Waals surface area contributed by atoms with Gasteiger partial charge in [-0.05, 0) is 17.7 Å². The molecule has 1 aliphatic rings. The smallest absolute Gasteiger partial charge is 0.222 e. The van der Waals surface area contributed by atoms with Gasteiger partial charge in [-0.3, -0.25) is 9.69 Å². The van der Waals surface area contributed by atoms with Gasteiger partial charge in [-0.2, -0.15) is 0 Å². The lowest BCUT2D eigenvalue weighted by atomic mass is 10.0. The van der Waals surface area contributed by atoms with E-state index in [1.165, 1.54) is 5.56 Å². The molecule has 128 valence electrons. The van der Waals surface area contributed by atoms with Gasteiger partial charge in [0.2, 0.25) is 5.91 Å². The normalized spacial score (nSPS) is 16.8. The zero-order valence-corrected chi connectivity index (χ0v) is 13.9. The second kappa shape index (κ2) is 9.50. The van der Waals surface area contributed by atoms with E-state index in [4.69, 9.17) is 14.2 Å². The molecule has 6 nitrogen and oxygen atoms in total. The summed E-state index contributed by atoms with van der Waals surface area (Å²) in [6.45, 7) is 4.20. The first-order valence-electron chi connectivity index (χ1n) is 7.96. The Labute approximate surface area is 137 Å². The highest BCUT2D eigenvalue weighted by atomic mass is 16.5. The Bertz CT molecular complexity index is 472. The van der Waals surface area contributed by atoms with Crippen molar-refractivity contribution in [2.45, 2.75) is 12.5 Å². The quantitative estimate of drug-likeness (QED) is 0.780. The van der Waals surface area contributed by atoms with Gasteiger partial charge in [0.05, 0.1) is 33.0 Å². The van der Waals surface area contributed by atoms with Gasteiger partial charge in [0.15, 0.2) is 0 Å². The van der Waals surface area contributed by atoms with E-state index in [1.54, 1.807) is 14.2 Å². The number of hydrogen-bond acceptors (Lipinski definition) is 5. The summed E-state index contributed by atoms with van der Waals surface area (Å²) in [5, 5.41) is 3.01. The van der Waals surface area contributed by atoms with Crippen molar-refractivity contribution in [2.24, 2.45) is 0 Å². The minimum absolute atomic E-state index is 0.0126. The van der Waals surface area contributed by atoms with Crippen molar-refractivity contribution >= 4 is 5.91 Å². The summed E-state index contributed by atoms with van der Waals surface area (Å²) in [5.74, 6) is 0.845. The molecule has 0 radical (unpaired) electrons. The number of nitrogens with one attached hydrogen (secondary N) is 1. The Balaban J connectivity index is 2.02. The highest BCUT2D eigenvalue weighted by Crippen LogP contribution is 2.23. The van der Waals surface area contributed by atoms with Crippen LogP contribution in [0.25, 0.3) is 0 Å². The summed E-state index contributed by atoms with van der Waals surface area (Å²) >= 11 is 0. The van der Waals surface area contributed by atoms with Crippen molar-refractivity contribution in [1.29, 1.82) is 0 Å². The van der Waals surface area contributed by atoms with Crippen LogP contribution in [-0.4, -0.2) is 64.5 Å². The summed E-state index contributed by atoms with van der Waals surface area (Å²) in [6.07, 6.45) is 0.384. The van der Waals surface area contributed by atoms with Crippen LogP contribution in [0.2, 0.25) is 0 Å². The number of rotatable bonds is 8. The molecular weight excluding hydrogens is 296 g/mol. The summed E-state index contributed by atoms with van der Waals surface area (Å²) in [5.41, 5.74) is 1.17. The third kappa shape index (κ3) is 5.49. The van der Waals surface area contributed by atoms with Crippen molar-refractivity contribution in [3.63, 3.8) is 0 Å². The Morgan fingerprint density at radius 1 is 1.26 bits per heavy atom. The van der Waals surface area contributed by atoms with E-state index in [9.17, 15) is 4.79 Å². The standard InChI is InChI=1S/C17H26N2O4/c1-21-10-7-17(20)18-13-16(19-8-11-23-12-9-19)14-3-5-15(22-2)6-4-14/h3-6,16H,7-13H2,1-2H3,(H,18,20). The number of carbonyl (C=O) groups is 1. The van der Waals surface area contributed by atoms with E-state index in [1.807, 2.05) is 12.1 Å². The number of morpholine rings is 1. The largest absolute Gasteiger partial charge is 0.497 e. The van der Waals surface area contributed by atoms with E-state index in [-0.39, 0.29) is 11.9 Å². The number of ether oxygens (including phenoxy) is 3. The van der Waals surface area contributed by atoms with Crippen LogP contribution in [-0.2, 0) is 14.3 Å². The molecule has 1 heterocycles. The average Bonchev–Trinajstić information content (AvgIpc) is 2.61. The van der Waals surface area contributed by atoms with Crippen molar-refractivity contribution < 1.29 is 19.0 Å². The fourth-order valence-electron chi connectivity index (χ4n) is 2.67. The average molecular weight is 322 g/mol. The van der Waals surface area contributed by atoms with Gasteiger partial charge in [0.1, 0.15) is 5.75 Å². The maximum Gasteiger partial charge on any atom is 0.222 e. The van der Waals surface area contributed by atoms with Crippen LogP contribution in [0.5, 0.6) is 5.75 Å². The van der Waals surface area contributed by atoms with Crippen molar-refractivity contribution in [3.05, 3.63) is 29.8 Å². The molecule has 1 atom stereocenters. The first kappa shape index (κ1) is 17.7. The summed E-state index contributed by atoms with van der Waals surface area (Å²) in [4.78, 5) is 14.2. The summed E-state index contributed by atoms with van der Waals surface area (Å²) in [6, 6.07) is 8.15. The number of hydrogen-bond donors (Lipinski definition) is 1. The van der Waals surface area contributed by atoms with E-state index >= 15 is 0 Å². The molecule has 2 rings (SSSR count). The highest BCUT2D eigenvalue weighted by Gasteiger charge is 2.23. The molecule has 1 unspecified atom stereocenters. The fourth-order valence-corrected chi connectivity index (χ4v) is 2.67. The molecule has 0 aliphatic carbocycles. The molecule has 1 N–H and O–H groups in total. The number of carbonyl (C=O) groups excluding carboxylic acids is 1. The highest BCUT2D eigenvalue weighted by molar-refractivity contribution is 5.76. The molecule has 23 heavy (non-hydrogen) atoms. The molecule has 1 aromatic rings. The Kier molecular flexibility index (Phi) is 7.32. The van der Waals surface area contributed by atoms with E-state index in [0.29, 0.717) is 19.6 Å². The van der Waals surface area contributed by atoms with Crippen LogP contribution in [0.15, 0.2) is 24.3 Å². The first-order chi connectivity index (χ1) is 11.2. The molecule has 0 bridgehead atoms. The maximum atomic E-state index is 11.9. The lowest BCUT2D eigenvalue weighted by Gasteiger charge is -2.35. The Morgan fingerprint density at radius 3 is 2.57 bits per heavy atom. The molecule has 1 aliphatic heterocycles. The predicted octanol–water partition coefficient (Wildman–Crippen LogP) is 1.22. The van der Waals surface area contributed by atoms with Crippen molar-refractivity contribution in [2.75, 3.05) is 53.7 Å². The lowest BCUT2D eigenvalue weighted by molar-refractivity contribution is -0.122. The fraction of sp³-hybridized carbons (Fsp3) is 0.588. The predicted molar refractivity (Wildman–Crippen MR) is 87.6 cm³/mol. The third-order valence-electron chi connectivity index (χ3n) is 4.01. The molecule has 1 amide bonds. The van der Waals surface area contributed by atoms with Gasteiger partial charge in [-0.25, -0.2) is 0 Å². The zero-order valence-electron chi connectivity index (χ0n) is 13.9. The number of methoxy groups -OCH3 is 2. The number of nitrogens with zero attached hydrogens (tertiary/aromatic N) is 1. The molecule has 1 aromatic carbocycles. The van der Waals surface area contributed by atoms with Crippen LogP contribution in [0, 0.1) is 0 Å². The summed E-state index contributed by atoms with van der Waals surface area (Å²) < 4.78 is 15.6. The maximum absolute atomic E-state index is 11.9. The number of benzene rings is 1. The van der Waals surface area contributed by atoms with E-state index < -0.39 is 0 Å².